The van der Waals surface area contributed by atoms with Crippen molar-refractivity contribution in [2.24, 2.45) is 16.8 Å². The molecular weight excluding hydrogens is 257 g/mol. The van der Waals surface area contributed by atoms with Crippen LogP contribution in [0.15, 0.2) is 23.4 Å². The Morgan fingerprint density at radius 3 is 2.70 bits per heavy atom. The molecule has 0 atom stereocenters. The SMILES string of the molecule is NC(=NO)c1cc(F)ccc1CN(CC1CC1)C1CC1. The minimum atomic E-state index is -0.365. The van der Waals surface area contributed by atoms with E-state index in [0.717, 1.165) is 24.6 Å². The molecule has 2 saturated carbocycles. The first-order valence-corrected chi connectivity index (χ1v) is 7.17. The van der Waals surface area contributed by atoms with E-state index in [1.54, 1.807) is 6.07 Å². The fourth-order valence-corrected chi connectivity index (χ4v) is 2.61. The van der Waals surface area contributed by atoms with Gasteiger partial charge in [-0.3, -0.25) is 4.90 Å². The van der Waals surface area contributed by atoms with Gasteiger partial charge in [-0.05, 0) is 49.3 Å². The summed E-state index contributed by atoms with van der Waals surface area (Å²) in [5.74, 6) is 0.431. The number of hydrogen-bond donors (Lipinski definition) is 2. The Balaban J connectivity index is 1.80. The van der Waals surface area contributed by atoms with Crippen molar-refractivity contribution < 1.29 is 9.60 Å². The van der Waals surface area contributed by atoms with Crippen LogP contribution in [0, 0.1) is 11.7 Å². The zero-order valence-corrected chi connectivity index (χ0v) is 11.4. The molecule has 1 aromatic rings. The molecule has 3 N–H and O–H groups in total. The zero-order chi connectivity index (χ0) is 14.1. The minimum absolute atomic E-state index is 0.0262. The van der Waals surface area contributed by atoms with Gasteiger partial charge in [-0.2, -0.15) is 0 Å². The van der Waals surface area contributed by atoms with E-state index in [0.29, 0.717) is 11.6 Å². The number of oxime groups is 1. The lowest BCUT2D eigenvalue weighted by Crippen LogP contribution is -2.29. The monoisotopic (exact) mass is 277 g/mol. The van der Waals surface area contributed by atoms with E-state index in [1.807, 2.05) is 0 Å². The summed E-state index contributed by atoms with van der Waals surface area (Å²) in [4.78, 5) is 2.46. The molecule has 0 aromatic heterocycles. The maximum Gasteiger partial charge on any atom is 0.170 e. The Morgan fingerprint density at radius 1 is 1.35 bits per heavy atom. The minimum Gasteiger partial charge on any atom is -0.409 e. The molecule has 0 amide bonds. The fraction of sp³-hybridized carbons (Fsp3) is 0.533. The fourth-order valence-electron chi connectivity index (χ4n) is 2.61. The third-order valence-corrected chi connectivity index (χ3v) is 4.08. The van der Waals surface area contributed by atoms with E-state index in [4.69, 9.17) is 10.9 Å². The van der Waals surface area contributed by atoms with Crippen LogP contribution in [-0.4, -0.2) is 28.5 Å². The van der Waals surface area contributed by atoms with Gasteiger partial charge in [-0.1, -0.05) is 11.2 Å². The molecule has 2 aliphatic rings. The largest absolute Gasteiger partial charge is 0.409 e. The van der Waals surface area contributed by atoms with Gasteiger partial charge in [0.05, 0.1) is 0 Å². The summed E-state index contributed by atoms with van der Waals surface area (Å²) in [6, 6.07) is 5.17. The molecule has 108 valence electrons. The number of halogens is 1. The normalized spacial score (nSPS) is 19.6. The van der Waals surface area contributed by atoms with Crippen LogP contribution < -0.4 is 5.73 Å². The topological polar surface area (TPSA) is 61.9 Å². The van der Waals surface area contributed by atoms with E-state index in [2.05, 4.69) is 10.1 Å². The van der Waals surface area contributed by atoms with Gasteiger partial charge < -0.3 is 10.9 Å². The molecule has 0 saturated heterocycles. The lowest BCUT2D eigenvalue weighted by molar-refractivity contribution is 0.244. The first-order chi connectivity index (χ1) is 9.67. The molecule has 1 aromatic carbocycles. The molecule has 0 spiro atoms. The van der Waals surface area contributed by atoms with Gasteiger partial charge in [0.25, 0.3) is 0 Å². The second-order valence-corrected chi connectivity index (χ2v) is 5.89. The van der Waals surface area contributed by atoms with Crippen LogP contribution >= 0.6 is 0 Å². The lowest BCUT2D eigenvalue weighted by atomic mass is 10.1. The van der Waals surface area contributed by atoms with Crippen LogP contribution in [0.2, 0.25) is 0 Å². The summed E-state index contributed by atoms with van der Waals surface area (Å²) in [5.41, 5.74) is 7.08. The van der Waals surface area contributed by atoms with Crippen LogP contribution in [0.1, 0.15) is 36.8 Å². The first-order valence-electron chi connectivity index (χ1n) is 7.17. The highest BCUT2D eigenvalue weighted by molar-refractivity contribution is 5.98. The van der Waals surface area contributed by atoms with Crippen LogP contribution in [0.3, 0.4) is 0 Å². The molecule has 2 aliphatic carbocycles. The van der Waals surface area contributed by atoms with Crippen LogP contribution in [0.25, 0.3) is 0 Å². The predicted octanol–water partition coefficient (Wildman–Crippen LogP) is 2.29. The highest BCUT2D eigenvalue weighted by Gasteiger charge is 2.33. The summed E-state index contributed by atoms with van der Waals surface area (Å²) in [7, 11) is 0. The van der Waals surface area contributed by atoms with Gasteiger partial charge in [0.15, 0.2) is 5.84 Å². The number of benzene rings is 1. The van der Waals surface area contributed by atoms with Crippen molar-refractivity contribution in [1.82, 2.24) is 4.90 Å². The zero-order valence-electron chi connectivity index (χ0n) is 11.4. The average molecular weight is 277 g/mol. The molecule has 4 nitrogen and oxygen atoms in total. The van der Waals surface area contributed by atoms with E-state index >= 15 is 0 Å². The van der Waals surface area contributed by atoms with E-state index < -0.39 is 0 Å². The number of amidine groups is 1. The van der Waals surface area contributed by atoms with Crippen molar-refractivity contribution in [2.45, 2.75) is 38.3 Å². The molecule has 0 aliphatic heterocycles. The molecule has 0 radical (unpaired) electrons. The van der Waals surface area contributed by atoms with Crippen LogP contribution in [0.5, 0.6) is 0 Å². The Bertz CT molecular complexity index is 524. The standard InChI is InChI=1S/C15H20FN3O/c16-12-4-3-11(14(7-12)15(17)18-20)9-19(13-5-6-13)8-10-1-2-10/h3-4,7,10,13,20H,1-2,5-6,8-9H2,(H2,17,18). The highest BCUT2D eigenvalue weighted by Crippen LogP contribution is 2.35. The summed E-state index contributed by atoms with van der Waals surface area (Å²) < 4.78 is 13.4. The Labute approximate surface area is 118 Å². The third kappa shape index (κ3) is 3.10. The maximum absolute atomic E-state index is 13.4. The van der Waals surface area contributed by atoms with Crippen molar-refractivity contribution >= 4 is 5.84 Å². The van der Waals surface area contributed by atoms with E-state index in [-0.39, 0.29) is 11.7 Å². The lowest BCUT2D eigenvalue weighted by Gasteiger charge is -2.23. The van der Waals surface area contributed by atoms with E-state index in [1.165, 1.54) is 37.8 Å². The molecule has 3 rings (SSSR count). The van der Waals surface area contributed by atoms with Gasteiger partial charge in [0, 0.05) is 24.7 Å². The van der Waals surface area contributed by atoms with Crippen LogP contribution in [0.4, 0.5) is 4.39 Å². The summed E-state index contributed by atoms with van der Waals surface area (Å²) in [6.07, 6.45) is 5.12. The number of nitrogens with two attached hydrogens (primary N) is 1. The van der Waals surface area contributed by atoms with Crippen molar-refractivity contribution in [1.29, 1.82) is 0 Å². The van der Waals surface area contributed by atoms with Gasteiger partial charge in [0.1, 0.15) is 5.82 Å². The van der Waals surface area contributed by atoms with Gasteiger partial charge in [-0.25, -0.2) is 4.39 Å². The Hall–Kier alpha value is -1.62. The second kappa shape index (κ2) is 5.40. The molecular formula is C15H20FN3O. The number of hydrogen-bond acceptors (Lipinski definition) is 3. The van der Waals surface area contributed by atoms with Crippen molar-refractivity contribution in [3.63, 3.8) is 0 Å². The summed E-state index contributed by atoms with van der Waals surface area (Å²) in [5, 5.41) is 11.9. The highest BCUT2D eigenvalue weighted by atomic mass is 19.1. The van der Waals surface area contributed by atoms with Crippen LogP contribution in [-0.2, 0) is 6.54 Å². The first kappa shape index (κ1) is 13.4. The second-order valence-electron chi connectivity index (χ2n) is 5.89. The van der Waals surface area contributed by atoms with Gasteiger partial charge >= 0.3 is 0 Å². The van der Waals surface area contributed by atoms with E-state index in [9.17, 15) is 4.39 Å². The molecule has 5 heteroatoms. The summed E-state index contributed by atoms with van der Waals surface area (Å²) in [6.45, 7) is 1.85. The Kier molecular flexibility index (Phi) is 3.61. The van der Waals surface area contributed by atoms with Crippen molar-refractivity contribution in [2.75, 3.05) is 6.54 Å². The molecule has 0 bridgehead atoms. The third-order valence-electron chi connectivity index (χ3n) is 4.08. The predicted molar refractivity (Wildman–Crippen MR) is 75.1 cm³/mol. The molecule has 2 fully saturated rings. The average Bonchev–Trinajstić information content (AvgIpc) is 3.31. The Morgan fingerprint density at radius 2 is 2.10 bits per heavy atom. The molecule has 0 unspecified atom stereocenters. The molecule has 0 heterocycles. The van der Waals surface area contributed by atoms with Crippen molar-refractivity contribution in [3.05, 3.63) is 35.1 Å². The van der Waals surface area contributed by atoms with Gasteiger partial charge in [0.2, 0.25) is 0 Å². The quantitative estimate of drug-likeness (QED) is 0.363. The smallest absolute Gasteiger partial charge is 0.170 e. The van der Waals surface area contributed by atoms with Crippen molar-refractivity contribution in [3.8, 4) is 0 Å². The summed E-state index contributed by atoms with van der Waals surface area (Å²) >= 11 is 0. The van der Waals surface area contributed by atoms with Gasteiger partial charge in [-0.15, -0.1) is 0 Å². The number of rotatable bonds is 6. The molecule has 20 heavy (non-hydrogen) atoms. The maximum atomic E-state index is 13.4. The number of nitrogens with zero attached hydrogens (tertiary/aromatic N) is 2.